The van der Waals surface area contributed by atoms with Gasteiger partial charge < -0.3 is 4.74 Å². The van der Waals surface area contributed by atoms with E-state index in [9.17, 15) is 9.59 Å². The second kappa shape index (κ2) is 6.77. The molecule has 1 aromatic rings. The van der Waals surface area contributed by atoms with Crippen LogP contribution in [0.25, 0.3) is 0 Å². The summed E-state index contributed by atoms with van der Waals surface area (Å²) in [6, 6.07) is 5.11. The Morgan fingerprint density at radius 2 is 2.12 bits per heavy atom. The van der Waals surface area contributed by atoms with Crippen LogP contribution >= 0.6 is 27.5 Å². The maximum Gasteiger partial charge on any atom is 0.338 e. The number of Topliss-reactive ketones (excluding diaryl/α,β-unsaturated/α-hetero) is 1. The molecule has 1 aromatic carbocycles. The van der Waals surface area contributed by atoms with Crippen molar-refractivity contribution in [3.63, 3.8) is 0 Å². The van der Waals surface area contributed by atoms with Crippen LogP contribution in [-0.2, 0) is 16.0 Å². The van der Waals surface area contributed by atoms with Crippen LogP contribution in [0.5, 0.6) is 0 Å². The SMILES string of the molecule is CCOC(=O)c1ccc(Br)cc1CC(=O)CCl. The predicted octanol–water partition coefficient (Wildman–Crippen LogP) is 2.98. The van der Waals surface area contributed by atoms with Crippen molar-refractivity contribution >= 4 is 39.3 Å². The monoisotopic (exact) mass is 318 g/mol. The summed E-state index contributed by atoms with van der Waals surface area (Å²) in [5, 5.41) is 0. The Kier molecular flexibility index (Phi) is 5.65. The van der Waals surface area contributed by atoms with E-state index < -0.39 is 5.97 Å². The van der Waals surface area contributed by atoms with E-state index >= 15 is 0 Å². The molecule has 92 valence electrons. The molecule has 0 heterocycles. The van der Waals surface area contributed by atoms with E-state index in [0.29, 0.717) is 17.7 Å². The molecular formula is C12H12BrClO3. The number of alkyl halides is 1. The van der Waals surface area contributed by atoms with Gasteiger partial charge in [0.25, 0.3) is 0 Å². The Morgan fingerprint density at radius 3 is 2.71 bits per heavy atom. The van der Waals surface area contributed by atoms with Gasteiger partial charge in [-0.2, -0.15) is 0 Å². The molecule has 17 heavy (non-hydrogen) atoms. The average molecular weight is 320 g/mol. The molecule has 0 amide bonds. The lowest BCUT2D eigenvalue weighted by Crippen LogP contribution is -2.12. The first-order chi connectivity index (χ1) is 8.08. The smallest absolute Gasteiger partial charge is 0.338 e. The number of carbonyl (C=O) groups is 2. The third kappa shape index (κ3) is 4.13. The molecular weight excluding hydrogens is 307 g/mol. The molecule has 0 aliphatic rings. The number of halogens is 2. The first-order valence-corrected chi connectivity index (χ1v) is 6.44. The summed E-state index contributed by atoms with van der Waals surface area (Å²) in [6.45, 7) is 2.04. The normalized spacial score (nSPS) is 10.1. The maximum absolute atomic E-state index is 11.7. The predicted molar refractivity (Wildman–Crippen MR) is 69.5 cm³/mol. The van der Waals surface area contributed by atoms with Crippen molar-refractivity contribution in [3.8, 4) is 0 Å². The number of hydrogen-bond donors (Lipinski definition) is 0. The second-order valence-corrected chi connectivity index (χ2v) is 4.55. The standard InChI is InChI=1S/C12H12BrClO3/c1-2-17-12(16)11-4-3-9(13)5-8(11)6-10(15)7-14/h3-5H,2,6-7H2,1H3. The van der Waals surface area contributed by atoms with Gasteiger partial charge in [-0.25, -0.2) is 4.79 Å². The van der Waals surface area contributed by atoms with Crippen LogP contribution < -0.4 is 0 Å². The number of carbonyl (C=O) groups excluding carboxylic acids is 2. The molecule has 0 unspecified atom stereocenters. The number of esters is 1. The quantitative estimate of drug-likeness (QED) is 0.619. The fourth-order valence-corrected chi connectivity index (χ4v) is 1.88. The van der Waals surface area contributed by atoms with Crippen molar-refractivity contribution in [1.82, 2.24) is 0 Å². The van der Waals surface area contributed by atoms with Gasteiger partial charge in [0.2, 0.25) is 0 Å². The summed E-state index contributed by atoms with van der Waals surface area (Å²) in [5.74, 6) is -0.609. The van der Waals surface area contributed by atoms with E-state index in [2.05, 4.69) is 15.9 Å². The second-order valence-electron chi connectivity index (χ2n) is 3.37. The average Bonchev–Trinajstić information content (AvgIpc) is 2.29. The first-order valence-electron chi connectivity index (χ1n) is 5.11. The van der Waals surface area contributed by atoms with Crippen molar-refractivity contribution in [2.75, 3.05) is 12.5 Å². The van der Waals surface area contributed by atoms with Gasteiger partial charge in [-0.15, -0.1) is 11.6 Å². The molecule has 0 radical (unpaired) electrons. The van der Waals surface area contributed by atoms with Crippen LogP contribution in [0.4, 0.5) is 0 Å². The fraction of sp³-hybridized carbons (Fsp3) is 0.333. The van der Waals surface area contributed by atoms with Crippen LogP contribution in [-0.4, -0.2) is 24.2 Å². The molecule has 0 aliphatic carbocycles. The Bertz CT molecular complexity index is 432. The molecule has 0 bridgehead atoms. The van der Waals surface area contributed by atoms with Gasteiger partial charge in [0, 0.05) is 10.9 Å². The van der Waals surface area contributed by atoms with E-state index in [4.69, 9.17) is 16.3 Å². The highest BCUT2D eigenvalue weighted by atomic mass is 79.9. The van der Waals surface area contributed by atoms with Gasteiger partial charge in [-0.3, -0.25) is 4.79 Å². The van der Waals surface area contributed by atoms with Gasteiger partial charge in [0.15, 0.2) is 5.78 Å². The molecule has 0 aliphatic heterocycles. The largest absolute Gasteiger partial charge is 0.462 e. The number of hydrogen-bond acceptors (Lipinski definition) is 3. The Balaban J connectivity index is 3.03. The topological polar surface area (TPSA) is 43.4 Å². The summed E-state index contributed by atoms with van der Waals surface area (Å²) in [7, 11) is 0. The highest BCUT2D eigenvalue weighted by molar-refractivity contribution is 9.10. The van der Waals surface area contributed by atoms with E-state index in [0.717, 1.165) is 4.47 Å². The number of ether oxygens (including phenoxy) is 1. The molecule has 0 spiro atoms. The summed E-state index contributed by atoms with van der Waals surface area (Å²) < 4.78 is 5.73. The Labute approximate surface area is 113 Å². The molecule has 3 nitrogen and oxygen atoms in total. The lowest BCUT2D eigenvalue weighted by molar-refractivity contribution is -0.116. The first kappa shape index (κ1) is 14.2. The van der Waals surface area contributed by atoms with Crippen LogP contribution in [0.15, 0.2) is 22.7 Å². The lowest BCUT2D eigenvalue weighted by Gasteiger charge is -2.08. The zero-order valence-electron chi connectivity index (χ0n) is 9.33. The minimum atomic E-state index is -0.419. The number of ketones is 1. The van der Waals surface area contributed by atoms with Crippen molar-refractivity contribution < 1.29 is 14.3 Å². The Morgan fingerprint density at radius 1 is 1.41 bits per heavy atom. The molecule has 1 rings (SSSR count). The minimum Gasteiger partial charge on any atom is -0.462 e. The van der Waals surface area contributed by atoms with Crippen LogP contribution in [0.1, 0.15) is 22.8 Å². The minimum absolute atomic E-state index is 0.0607. The maximum atomic E-state index is 11.7. The zero-order chi connectivity index (χ0) is 12.8. The summed E-state index contributed by atoms with van der Waals surface area (Å²) in [5.41, 5.74) is 1.04. The molecule has 0 atom stereocenters. The number of rotatable bonds is 5. The number of benzene rings is 1. The molecule has 0 N–H and O–H groups in total. The highest BCUT2D eigenvalue weighted by Gasteiger charge is 2.14. The van der Waals surface area contributed by atoms with Gasteiger partial charge in [0.05, 0.1) is 18.1 Å². The highest BCUT2D eigenvalue weighted by Crippen LogP contribution is 2.18. The van der Waals surface area contributed by atoms with Gasteiger partial charge in [-0.1, -0.05) is 15.9 Å². The summed E-state index contributed by atoms with van der Waals surface area (Å²) in [4.78, 5) is 23.0. The molecule has 0 fully saturated rings. The molecule has 0 saturated carbocycles. The molecule has 5 heteroatoms. The van der Waals surface area contributed by atoms with Crippen molar-refractivity contribution in [3.05, 3.63) is 33.8 Å². The molecule has 0 saturated heterocycles. The van der Waals surface area contributed by atoms with Gasteiger partial charge in [-0.05, 0) is 30.7 Å². The van der Waals surface area contributed by atoms with Crippen LogP contribution in [0, 0.1) is 0 Å². The van der Waals surface area contributed by atoms with Crippen LogP contribution in [0.3, 0.4) is 0 Å². The van der Waals surface area contributed by atoms with E-state index in [1.165, 1.54) is 0 Å². The lowest BCUT2D eigenvalue weighted by atomic mass is 10.0. The zero-order valence-corrected chi connectivity index (χ0v) is 11.7. The third-order valence-electron chi connectivity index (χ3n) is 2.10. The van der Waals surface area contributed by atoms with Crippen molar-refractivity contribution in [1.29, 1.82) is 0 Å². The summed E-state index contributed by atoms with van der Waals surface area (Å²) >= 11 is 8.76. The van der Waals surface area contributed by atoms with E-state index in [1.54, 1.807) is 25.1 Å². The van der Waals surface area contributed by atoms with Crippen molar-refractivity contribution in [2.45, 2.75) is 13.3 Å². The van der Waals surface area contributed by atoms with Crippen LogP contribution in [0.2, 0.25) is 0 Å². The van der Waals surface area contributed by atoms with E-state index in [1.807, 2.05) is 0 Å². The fourth-order valence-electron chi connectivity index (χ4n) is 1.38. The Hall–Kier alpha value is -0.870. The van der Waals surface area contributed by atoms with E-state index in [-0.39, 0.29) is 18.1 Å². The summed E-state index contributed by atoms with van der Waals surface area (Å²) in [6.07, 6.45) is 0.136. The third-order valence-corrected chi connectivity index (χ3v) is 2.89. The molecule has 0 aromatic heterocycles. The van der Waals surface area contributed by atoms with Gasteiger partial charge in [0.1, 0.15) is 0 Å². The van der Waals surface area contributed by atoms with Crippen molar-refractivity contribution in [2.24, 2.45) is 0 Å². The van der Waals surface area contributed by atoms with Gasteiger partial charge >= 0.3 is 5.97 Å².